The Morgan fingerprint density at radius 3 is 2.75 bits per heavy atom. The van der Waals surface area contributed by atoms with Gasteiger partial charge in [-0.25, -0.2) is 0 Å². The van der Waals surface area contributed by atoms with Crippen molar-refractivity contribution in [3.63, 3.8) is 0 Å². The Morgan fingerprint density at radius 1 is 1.25 bits per heavy atom. The topological polar surface area (TPSA) is 38.8 Å². The normalized spacial score (nSPS) is 38.4. The molecule has 1 unspecified atom stereocenters. The van der Waals surface area contributed by atoms with Gasteiger partial charge in [0.2, 0.25) is 0 Å². The maximum absolute atomic E-state index is 12.6. The van der Waals surface area contributed by atoms with Crippen molar-refractivity contribution >= 4 is 5.78 Å². The number of ether oxygens (including phenoxy) is 2. The quantitative estimate of drug-likeness (QED) is 0.836. The van der Waals surface area contributed by atoms with Gasteiger partial charge in [0.15, 0.2) is 0 Å². The SMILES string of the molecule is COc1ccc2c(c1)[C@]13CCN(C)[C@H](C2)C1(OC)[C@H](C)CC(=O)C3. The maximum Gasteiger partial charge on any atom is 0.134 e. The molecule has 0 amide bonds. The fourth-order valence-electron chi connectivity index (χ4n) is 6.09. The second kappa shape index (κ2) is 5.30. The first-order valence-corrected chi connectivity index (χ1v) is 8.93. The van der Waals surface area contributed by atoms with E-state index in [-0.39, 0.29) is 16.9 Å². The molecule has 0 N–H and O–H groups in total. The standard InChI is InChI=1S/C20H27NO3/c1-13-9-15(22)12-19-7-8-21(2)18(20(13,19)24-4)10-14-5-6-16(23-3)11-17(14)19/h5-6,11,13,18H,7-10,12H2,1-4H3/t13-,18-,19-,20?/m1/s1. The number of likely N-dealkylation sites (N-methyl/N-ethyl adjacent to an activating group) is 1. The molecule has 4 atom stereocenters. The van der Waals surface area contributed by atoms with E-state index >= 15 is 0 Å². The number of rotatable bonds is 2. The molecule has 4 rings (SSSR count). The van der Waals surface area contributed by atoms with Crippen LogP contribution in [0.1, 0.15) is 37.3 Å². The molecule has 1 aromatic carbocycles. The fraction of sp³-hybridized carbons (Fsp3) is 0.650. The molecular weight excluding hydrogens is 302 g/mol. The highest BCUT2D eigenvalue weighted by Crippen LogP contribution is 2.60. The van der Waals surface area contributed by atoms with Gasteiger partial charge in [0.1, 0.15) is 11.5 Å². The van der Waals surface area contributed by atoms with Gasteiger partial charge in [0.25, 0.3) is 0 Å². The average molecular weight is 329 g/mol. The largest absolute Gasteiger partial charge is 0.497 e. The monoisotopic (exact) mass is 329 g/mol. The third kappa shape index (κ3) is 1.79. The number of hydrogen-bond acceptors (Lipinski definition) is 4. The van der Waals surface area contributed by atoms with E-state index in [0.717, 1.165) is 25.1 Å². The minimum absolute atomic E-state index is 0.218. The lowest BCUT2D eigenvalue weighted by molar-refractivity contribution is -0.206. The Hall–Kier alpha value is -1.39. The van der Waals surface area contributed by atoms with Crippen molar-refractivity contribution in [1.29, 1.82) is 0 Å². The van der Waals surface area contributed by atoms with Crippen molar-refractivity contribution in [2.75, 3.05) is 27.8 Å². The van der Waals surface area contributed by atoms with Crippen LogP contribution >= 0.6 is 0 Å². The lowest BCUT2D eigenvalue weighted by Crippen LogP contribution is -2.76. The predicted molar refractivity (Wildman–Crippen MR) is 92.6 cm³/mol. The molecule has 1 heterocycles. The molecule has 4 nitrogen and oxygen atoms in total. The van der Waals surface area contributed by atoms with Gasteiger partial charge in [-0.1, -0.05) is 13.0 Å². The molecular formula is C20H27NO3. The first kappa shape index (κ1) is 16.1. The Morgan fingerprint density at radius 2 is 2.04 bits per heavy atom. The second-order valence-corrected chi connectivity index (χ2v) is 7.87. The minimum Gasteiger partial charge on any atom is -0.497 e. The van der Waals surface area contributed by atoms with Crippen LogP contribution in [-0.2, 0) is 21.4 Å². The summed E-state index contributed by atoms with van der Waals surface area (Å²) in [4.78, 5) is 15.1. The number of nitrogens with zero attached hydrogens (tertiary/aromatic N) is 1. The Kier molecular flexibility index (Phi) is 3.56. The summed E-state index contributed by atoms with van der Waals surface area (Å²) >= 11 is 0. The molecule has 3 aliphatic rings. The lowest BCUT2D eigenvalue weighted by atomic mass is 9.46. The van der Waals surface area contributed by atoms with E-state index in [1.54, 1.807) is 7.11 Å². The van der Waals surface area contributed by atoms with Gasteiger partial charge in [0.05, 0.1) is 12.7 Å². The number of carbonyl (C=O) groups excluding carboxylic acids is 1. The van der Waals surface area contributed by atoms with Gasteiger partial charge in [-0.3, -0.25) is 4.79 Å². The summed E-state index contributed by atoms with van der Waals surface area (Å²) in [7, 11) is 5.75. The van der Waals surface area contributed by atoms with Crippen LogP contribution in [-0.4, -0.2) is 50.1 Å². The number of Topliss-reactive ketones (excluding diaryl/α,β-unsaturated/α-hetero) is 1. The van der Waals surface area contributed by atoms with Crippen LogP contribution in [0.4, 0.5) is 0 Å². The summed E-state index contributed by atoms with van der Waals surface area (Å²) in [6.07, 6.45) is 3.16. The van der Waals surface area contributed by atoms with Crippen LogP contribution in [0.25, 0.3) is 0 Å². The van der Waals surface area contributed by atoms with Gasteiger partial charge in [0, 0.05) is 31.4 Å². The number of hydrogen-bond donors (Lipinski definition) is 0. The van der Waals surface area contributed by atoms with Gasteiger partial charge in [-0.2, -0.15) is 0 Å². The van der Waals surface area contributed by atoms with Crippen molar-refractivity contribution in [2.24, 2.45) is 5.92 Å². The summed E-state index contributed by atoms with van der Waals surface area (Å²) in [5.74, 6) is 1.46. The van der Waals surface area contributed by atoms with Crippen molar-refractivity contribution in [2.45, 2.75) is 49.7 Å². The van der Waals surface area contributed by atoms with E-state index in [2.05, 4.69) is 31.0 Å². The summed E-state index contributed by atoms with van der Waals surface area (Å²) < 4.78 is 11.9. The van der Waals surface area contributed by atoms with Crippen LogP contribution in [0.5, 0.6) is 5.75 Å². The Labute approximate surface area is 144 Å². The van der Waals surface area contributed by atoms with Gasteiger partial charge in [-0.15, -0.1) is 0 Å². The number of methoxy groups -OCH3 is 2. The van der Waals surface area contributed by atoms with Crippen molar-refractivity contribution in [3.8, 4) is 5.75 Å². The zero-order chi connectivity index (χ0) is 17.1. The first-order chi connectivity index (χ1) is 11.5. The number of likely N-dealkylation sites (tertiary alicyclic amines) is 1. The first-order valence-electron chi connectivity index (χ1n) is 8.93. The highest BCUT2D eigenvalue weighted by Gasteiger charge is 2.67. The number of ketones is 1. The Bertz CT molecular complexity index is 687. The van der Waals surface area contributed by atoms with E-state index in [1.807, 2.05) is 13.2 Å². The summed E-state index contributed by atoms with van der Waals surface area (Å²) in [6, 6.07) is 6.71. The smallest absolute Gasteiger partial charge is 0.134 e. The van der Waals surface area contributed by atoms with Crippen molar-refractivity contribution < 1.29 is 14.3 Å². The molecule has 1 aromatic rings. The highest BCUT2D eigenvalue weighted by atomic mass is 16.5. The second-order valence-electron chi connectivity index (χ2n) is 7.87. The number of piperidine rings is 1. The zero-order valence-electron chi connectivity index (χ0n) is 15.1. The molecule has 2 aliphatic carbocycles. The molecule has 4 heteroatoms. The zero-order valence-corrected chi connectivity index (χ0v) is 15.1. The molecule has 1 saturated heterocycles. The highest BCUT2D eigenvalue weighted by molar-refractivity contribution is 5.83. The third-order valence-corrected chi connectivity index (χ3v) is 7.01. The van der Waals surface area contributed by atoms with Crippen molar-refractivity contribution in [1.82, 2.24) is 4.90 Å². The van der Waals surface area contributed by atoms with E-state index in [9.17, 15) is 4.79 Å². The minimum atomic E-state index is -0.298. The molecule has 0 radical (unpaired) electrons. The van der Waals surface area contributed by atoms with E-state index in [1.165, 1.54) is 11.1 Å². The van der Waals surface area contributed by atoms with Gasteiger partial charge < -0.3 is 14.4 Å². The summed E-state index contributed by atoms with van der Waals surface area (Å²) in [6.45, 7) is 3.21. The predicted octanol–water partition coefficient (Wildman–Crippen LogP) is 2.58. The van der Waals surface area contributed by atoms with Gasteiger partial charge >= 0.3 is 0 Å². The molecule has 130 valence electrons. The van der Waals surface area contributed by atoms with E-state index in [4.69, 9.17) is 9.47 Å². The Balaban J connectivity index is 2.01. The van der Waals surface area contributed by atoms with E-state index in [0.29, 0.717) is 24.7 Å². The lowest BCUT2D eigenvalue weighted by Gasteiger charge is -2.66. The summed E-state index contributed by atoms with van der Waals surface area (Å²) in [5.41, 5.74) is 2.11. The van der Waals surface area contributed by atoms with Crippen LogP contribution in [0.15, 0.2) is 18.2 Å². The number of fused-ring (bicyclic) bond motifs is 1. The molecule has 24 heavy (non-hydrogen) atoms. The van der Waals surface area contributed by atoms with Gasteiger partial charge in [-0.05, 0) is 55.6 Å². The third-order valence-electron chi connectivity index (χ3n) is 7.01. The number of benzene rings is 1. The average Bonchev–Trinajstić information content (AvgIpc) is 2.57. The number of carbonyl (C=O) groups is 1. The fourth-order valence-corrected chi connectivity index (χ4v) is 6.09. The van der Waals surface area contributed by atoms with Crippen LogP contribution in [0.3, 0.4) is 0 Å². The molecule has 0 spiro atoms. The maximum atomic E-state index is 12.6. The van der Waals surface area contributed by atoms with Crippen LogP contribution in [0, 0.1) is 5.92 Å². The van der Waals surface area contributed by atoms with Crippen LogP contribution in [0.2, 0.25) is 0 Å². The summed E-state index contributed by atoms with van der Waals surface area (Å²) in [5, 5.41) is 0. The van der Waals surface area contributed by atoms with Crippen molar-refractivity contribution in [3.05, 3.63) is 29.3 Å². The van der Waals surface area contributed by atoms with Crippen LogP contribution < -0.4 is 4.74 Å². The van der Waals surface area contributed by atoms with E-state index < -0.39 is 0 Å². The molecule has 2 bridgehead atoms. The molecule has 1 aliphatic heterocycles. The molecule has 2 fully saturated rings. The molecule has 0 aromatic heterocycles. The molecule has 1 saturated carbocycles.